The van der Waals surface area contributed by atoms with Gasteiger partial charge in [0.25, 0.3) is 8.53 Å². The minimum atomic E-state index is -2.22. The number of aliphatic hydroxyl groups is 1. The number of ether oxygens (including phenoxy) is 2. The standard InChI is InChI=1S/C12H21N4O7P/c1-6(18)12(13)3-4-16(11(19)15-12)10-9(21-2)8(23-24(14)20)7(5-17)22-10/h3-4,7-10,17,20H,5,13-14H2,1-2H3,(H,15,19)/t7-,8-,9-,10-,12?,24?/m1/s1. The summed E-state index contributed by atoms with van der Waals surface area (Å²) in [6.45, 7) is 0.818. The second kappa shape index (κ2) is 7.38. The van der Waals surface area contributed by atoms with Gasteiger partial charge in [-0.15, -0.1) is 0 Å². The first kappa shape index (κ1) is 19.2. The molecule has 2 unspecified atom stereocenters. The predicted molar refractivity (Wildman–Crippen MR) is 81.9 cm³/mol. The van der Waals surface area contributed by atoms with Crippen LogP contribution in [0.5, 0.6) is 0 Å². The van der Waals surface area contributed by atoms with E-state index in [0.717, 1.165) is 4.90 Å². The molecule has 2 heterocycles. The van der Waals surface area contributed by atoms with Crippen molar-refractivity contribution in [3.05, 3.63) is 12.3 Å². The summed E-state index contributed by atoms with van der Waals surface area (Å²) in [6, 6.07) is -0.682. The average Bonchev–Trinajstić information content (AvgIpc) is 2.83. The molecule has 6 atom stereocenters. The zero-order chi connectivity index (χ0) is 18.1. The summed E-state index contributed by atoms with van der Waals surface area (Å²) in [5, 5.41) is 11.8. The molecule has 24 heavy (non-hydrogen) atoms. The van der Waals surface area contributed by atoms with Gasteiger partial charge in [0, 0.05) is 13.3 Å². The summed E-state index contributed by atoms with van der Waals surface area (Å²) in [4.78, 5) is 34.3. The molecule has 0 radical (unpaired) electrons. The molecule has 0 aliphatic carbocycles. The van der Waals surface area contributed by atoms with Gasteiger partial charge in [-0.05, 0) is 13.0 Å². The average molecular weight is 364 g/mol. The van der Waals surface area contributed by atoms with Gasteiger partial charge in [0.2, 0.25) is 0 Å². The highest BCUT2D eigenvalue weighted by Crippen LogP contribution is 2.35. The van der Waals surface area contributed by atoms with Gasteiger partial charge in [-0.1, -0.05) is 0 Å². The van der Waals surface area contributed by atoms with E-state index in [1.165, 1.54) is 26.3 Å². The third-order valence-electron chi connectivity index (χ3n) is 3.87. The highest BCUT2D eigenvalue weighted by Gasteiger charge is 2.51. The fourth-order valence-corrected chi connectivity index (χ4v) is 3.04. The summed E-state index contributed by atoms with van der Waals surface area (Å²) in [5.74, 6) is -0.439. The van der Waals surface area contributed by atoms with Crippen molar-refractivity contribution in [3.63, 3.8) is 0 Å². The lowest BCUT2D eigenvalue weighted by Gasteiger charge is -2.36. The fourth-order valence-electron chi connectivity index (χ4n) is 2.54. The van der Waals surface area contributed by atoms with Crippen LogP contribution < -0.4 is 16.6 Å². The highest BCUT2D eigenvalue weighted by atomic mass is 31.2. The first-order valence-corrected chi connectivity index (χ1v) is 8.31. The molecule has 0 bridgehead atoms. The van der Waals surface area contributed by atoms with Crippen LogP contribution in [-0.4, -0.2) is 70.6 Å². The molecule has 12 heteroatoms. The molecule has 0 spiro atoms. The van der Waals surface area contributed by atoms with Gasteiger partial charge in [0.15, 0.2) is 17.7 Å². The maximum absolute atomic E-state index is 12.3. The molecule has 2 rings (SSSR count). The molecule has 2 aliphatic heterocycles. The number of carbonyl (C=O) groups is 2. The molecule has 1 fully saturated rings. The van der Waals surface area contributed by atoms with Crippen LogP contribution in [0.1, 0.15) is 6.92 Å². The summed E-state index contributed by atoms with van der Waals surface area (Å²) in [6.07, 6.45) is -0.931. The lowest BCUT2D eigenvalue weighted by molar-refractivity contribution is -0.121. The number of Topliss-reactive ketones (excluding diaryl/α,β-unsaturated/α-hetero) is 1. The Labute approximate surface area is 139 Å². The number of methoxy groups -OCH3 is 1. The minimum absolute atomic E-state index is 0.433. The van der Waals surface area contributed by atoms with Crippen LogP contribution in [0.4, 0.5) is 4.79 Å². The third-order valence-corrected chi connectivity index (χ3v) is 4.33. The molecular weight excluding hydrogens is 343 g/mol. The Hall–Kier alpha value is -1.17. The van der Waals surface area contributed by atoms with Crippen molar-refractivity contribution in [2.75, 3.05) is 13.7 Å². The van der Waals surface area contributed by atoms with Gasteiger partial charge >= 0.3 is 6.03 Å². The van der Waals surface area contributed by atoms with Crippen molar-refractivity contribution in [2.24, 2.45) is 11.2 Å². The molecule has 0 saturated carbocycles. The lowest BCUT2D eigenvalue weighted by Crippen LogP contribution is -2.65. The number of hydrogen-bond donors (Lipinski definition) is 5. The van der Waals surface area contributed by atoms with Crippen LogP contribution in [0.2, 0.25) is 0 Å². The van der Waals surface area contributed by atoms with Crippen LogP contribution in [0.25, 0.3) is 0 Å². The van der Waals surface area contributed by atoms with Crippen molar-refractivity contribution < 1.29 is 33.6 Å². The lowest BCUT2D eigenvalue weighted by atomic mass is 10.1. The van der Waals surface area contributed by atoms with Crippen molar-refractivity contribution >= 4 is 20.3 Å². The Kier molecular flexibility index (Phi) is 5.89. The van der Waals surface area contributed by atoms with E-state index in [0.29, 0.717) is 0 Å². The number of hydrogen-bond acceptors (Lipinski definition) is 9. The van der Waals surface area contributed by atoms with Crippen LogP contribution in [0.3, 0.4) is 0 Å². The zero-order valence-corrected chi connectivity index (χ0v) is 14.1. The Balaban J connectivity index is 2.25. The number of aliphatic hydroxyl groups excluding tert-OH is 1. The van der Waals surface area contributed by atoms with E-state index in [2.05, 4.69) is 5.32 Å². The Morgan fingerprint density at radius 2 is 2.25 bits per heavy atom. The number of urea groups is 1. The van der Waals surface area contributed by atoms with E-state index in [-0.39, 0.29) is 0 Å². The summed E-state index contributed by atoms with van der Waals surface area (Å²) in [7, 11) is -0.858. The largest absolute Gasteiger partial charge is 0.394 e. The van der Waals surface area contributed by atoms with Gasteiger partial charge in [-0.3, -0.25) is 20.9 Å². The van der Waals surface area contributed by atoms with Crippen LogP contribution in [-0.2, 0) is 18.8 Å². The predicted octanol–water partition coefficient (Wildman–Crippen LogP) is -1.94. The Morgan fingerprint density at radius 3 is 2.71 bits per heavy atom. The maximum atomic E-state index is 12.3. The topological polar surface area (TPSA) is 170 Å². The normalized spacial score (nSPS) is 37.4. The Morgan fingerprint density at radius 1 is 1.58 bits per heavy atom. The number of nitrogens with two attached hydrogens (primary N) is 2. The molecule has 1 saturated heterocycles. The van der Waals surface area contributed by atoms with Crippen molar-refractivity contribution in [3.8, 4) is 0 Å². The molecule has 136 valence electrons. The quantitative estimate of drug-likeness (QED) is 0.337. The van der Waals surface area contributed by atoms with Crippen molar-refractivity contribution in [2.45, 2.75) is 37.1 Å². The van der Waals surface area contributed by atoms with E-state index in [1.54, 1.807) is 0 Å². The molecule has 7 N–H and O–H groups in total. The molecule has 2 aliphatic rings. The summed E-state index contributed by atoms with van der Waals surface area (Å²) < 4.78 is 16.1. The van der Waals surface area contributed by atoms with Gasteiger partial charge in [-0.2, -0.15) is 0 Å². The molecule has 2 amide bonds. The van der Waals surface area contributed by atoms with Crippen LogP contribution >= 0.6 is 8.53 Å². The van der Waals surface area contributed by atoms with Gasteiger partial charge < -0.3 is 29.3 Å². The molecule has 0 aromatic heterocycles. The van der Waals surface area contributed by atoms with E-state index >= 15 is 0 Å². The number of amides is 2. The monoisotopic (exact) mass is 364 g/mol. The number of ketones is 1. The van der Waals surface area contributed by atoms with E-state index in [1.807, 2.05) is 0 Å². The van der Waals surface area contributed by atoms with Crippen LogP contribution in [0.15, 0.2) is 12.3 Å². The van der Waals surface area contributed by atoms with Crippen LogP contribution in [0, 0.1) is 0 Å². The minimum Gasteiger partial charge on any atom is -0.394 e. The second-order valence-electron chi connectivity index (χ2n) is 5.40. The second-order valence-corrected chi connectivity index (χ2v) is 6.21. The first-order chi connectivity index (χ1) is 11.2. The number of nitrogens with one attached hydrogen (secondary N) is 1. The van der Waals surface area contributed by atoms with E-state index in [4.69, 9.17) is 25.2 Å². The first-order valence-electron chi connectivity index (χ1n) is 7.03. The maximum Gasteiger partial charge on any atom is 0.325 e. The zero-order valence-electron chi connectivity index (χ0n) is 13.2. The molecule has 0 aromatic rings. The van der Waals surface area contributed by atoms with Crippen molar-refractivity contribution in [1.82, 2.24) is 10.2 Å². The third kappa shape index (κ3) is 3.58. The Bertz CT molecular complexity index is 534. The highest BCUT2D eigenvalue weighted by molar-refractivity contribution is 7.43. The van der Waals surface area contributed by atoms with Gasteiger partial charge in [0.1, 0.15) is 18.3 Å². The molecule has 11 nitrogen and oxygen atoms in total. The summed E-state index contributed by atoms with van der Waals surface area (Å²) in [5.41, 5.74) is 9.46. The van der Waals surface area contributed by atoms with Gasteiger partial charge in [0.05, 0.1) is 6.61 Å². The van der Waals surface area contributed by atoms with Gasteiger partial charge in [-0.25, -0.2) is 4.79 Å². The van der Waals surface area contributed by atoms with E-state index < -0.39 is 57.2 Å². The smallest absolute Gasteiger partial charge is 0.325 e. The van der Waals surface area contributed by atoms with E-state index in [9.17, 15) is 19.6 Å². The fraction of sp³-hybridized carbons (Fsp3) is 0.667. The number of nitrogens with zero attached hydrogens (tertiary/aromatic N) is 1. The SMILES string of the molecule is CO[C@@H]1[C@H](OP(N)O)[C@@H](CO)O[C@H]1N1C=CC(N)(C(C)=O)NC1=O. The summed E-state index contributed by atoms with van der Waals surface area (Å²) >= 11 is 0. The number of carbonyl (C=O) groups excluding carboxylic acids is 2. The molecular formula is C12H21N4O7P. The molecule has 0 aromatic carbocycles. The number of rotatable bonds is 6. The van der Waals surface area contributed by atoms with Crippen molar-refractivity contribution in [1.29, 1.82) is 0 Å².